The quantitative estimate of drug-likeness (QED) is 0.764. The molecular weight excluding hydrogens is 226 g/mol. The number of nitrogens with zero attached hydrogens (tertiary/aromatic N) is 2. The first-order valence-corrected chi connectivity index (χ1v) is 6.27. The maximum absolute atomic E-state index is 12.4. The van der Waals surface area contributed by atoms with Crippen molar-refractivity contribution >= 4 is 11.6 Å². The summed E-state index contributed by atoms with van der Waals surface area (Å²) in [7, 11) is 2.10. The van der Waals surface area contributed by atoms with Crippen molar-refractivity contribution in [1.82, 2.24) is 9.80 Å². The molecule has 1 aliphatic heterocycles. The van der Waals surface area contributed by atoms with Crippen molar-refractivity contribution in [1.29, 1.82) is 0 Å². The molecule has 0 saturated carbocycles. The van der Waals surface area contributed by atoms with E-state index in [2.05, 4.69) is 25.8 Å². The lowest BCUT2D eigenvalue weighted by Gasteiger charge is -2.45. The maximum atomic E-state index is 12.4. The third-order valence-electron chi connectivity index (χ3n) is 3.79. The predicted molar refractivity (Wildman–Crippen MR) is 73.5 cm³/mol. The van der Waals surface area contributed by atoms with E-state index in [0.717, 1.165) is 19.6 Å². The normalized spacial score (nSPS) is 19.8. The van der Waals surface area contributed by atoms with Gasteiger partial charge in [0.2, 0.25) is 0 Å². The number of benzene rings is 1. The number of carbonyl (C=O) groups excluding carboxylic acids is 1. The van der Waals surface area contributed by atoms with E-state index >= 15 is 0 Å². The number of para-hydroxylation sites is 1. The van der Waals surface area contributed by atoms with Gasteiger partial charge in [0.1, 0.15) is 0 Å². The molecule has 1 amide bonds. The van der Waals surface area contributed by atoms with E-state index in [1.165, 1.54) is 0 Å². The lowest BCUT2D eigenvalue weighted by molar-refractivity contribution is 0.0312. The minimum Gasteiger partial charge on any atom is -0.398 e. The number of likely N-dealkylation sites (N-methyl/N-ethyl adjacent to an activating group) is 1. The van der Waals surface area contributed by atoms with Crippen LogP contribution in [-0.2, 0) is 0 Å². The van der Waals surface area contributed by atoms with E-state index in [1.54, 1.807) is 12.1 Å². The Bertz CT molecular complexity index is 456. The van der Waals surface area contributed by atoms with Gasteiger partial charge in [-0.1, -0.05) is 12.1 Å². The molecule has 1 fully saturated rings. The van der Waals surface area contributed by atoms with Gasteiger partial charge < -0.3 is 10.6 Å². The van der Waals surface area contributed by atoms with Gasteiger partial charge in [0.25, 0.3) is 5.91 Å². The molecule has 0 radical (unpaired) electrons. The summed E-state index contributed by atoms with van der Waals surface area (Å²) < 4.78 is 0. The minimum atomic E-state index is 0.0114. The summed E-state index contributed by atoms with van der Waals surface area (Å²) in [5.41, 5.74) is 7.04. The molecule has 2 N–H and O–H groups in total. The van der Waals surface area contributed by atoms with E-state index < -0.39 is 0 Å². The van der Waals surface area contributed by atoms with Crippen molar-refractivity contribution in [2.45, 2.75) is 19.4 Å². The highest BCUT2D eigenvalue weighted by atomic mass is 16.2. The van der Waals surface area contributed by atoms with Crippen LogP contribution in [0.15, 0.2) is 24.3 Å². The minimum absolute atomic E-state index is 0.0114. The van der Waals surface area contributed by atoms with Gasteiger partial charge in [-0.25, -0.2) is 0 Å². The van der Waals surface area contributed by atoms with Crippen molar-refractivity contribution < 1.29 is 4.79 Å². The zero-order valence-electron chi connectivity index (χ0n) is 11.3. The lowest BCUT2D eigenvalue weighted by Crippen LogP contribution is -2.58. The molecule has 0 aromatic heterocycles. The second-order valence-corrected chi connectivity index (χ2v) is 5.55. The van der Waals surface area contributed by atoms with Crippen molar-refractivity contribution in [2.24, 2.45) is 0 Å². The molecule has 1 aromatic carbocycles. The Morgan fingerprint density at radius 1 is 1.28 bits per heavy atom. The number of amides is 1. The molecule has 0 bridgehead atoms. The summed E-state index contributed by atoms with van der Waals surface area (Å²) in [5.74, 6) is 0.0364. The number of piperazine rings is 1. The molecule has 2 rings (SSSR count). The van der Waals surface area contributed by atoms with Gasteiger partial charge in [0.05, 0.1) is 5.56 Å². The van der Waals surface area contributed by atoms with Gasteiger partial charge in [-0.2, -0.15) is 0 Å². The summed E-state index contributed by atoms with van der Waals surface area (Å²) in [6, 6.07) is 7.27. The molecular formula is C14H21N3O. The van der Waals surface area contributed by atoms with Crippen LogP contribution >= 0.6 is 0 Å². The van der Waals surface area contributed by atoms with Crippen LogP contribution in [0.25, 0.3) is 0 Å². The monoisotopic (exact) mass is 247 g/mol. The first-order chi connectivity index (χ1) is 8.42. The van der Waals surface area contributed by atoms with Crippen LogP contribution < -0.4 is 5.73 Å². The highest BCUT2D eigenvalue weighted by Crippen LogP contribution is 2.22. The molecule has 4 heteroatoms. The number of anilines is 1. The van der Waals surface area contributed by atoms with Gasteiger partial charge in [0, 0.05) is 30.9 Å². The summed E-state index contributed by atoms with van der Waals surface area (Å²) in [6.07, 6.45) is 0. The molecule has 98 valence electrons. The van der Waals surface area contributed by atoms with E-state index in [9.17, 15) is 4.79 Å². The van der Waals surface area contributed by atoms with Crippen molar-refractivity contribution in [3.8, 4) is 0 Å². The smallest absolute Gasteiger partial charge is 0.256 e. The van der Waals surface area contributed by atoms with E-state index in [-0.39, 0.29) is 11.4 Å². The molecule has 0 aliphatic carbocycles. The van der Waals surface area contributed by atoms with Gasteiger partial charge in [-0.15, -0.1) is 0 Å². The Hall–Kier alpha value is -1.55. The molecule has 1 heterocycles. The number of hydrogen-bond acceptors (Lipinski definition) is 3. The summed E-state index contributed by atoms with van der Waals surface area (Å²) in [5, 5.41) is 0. The van der Waals surface area contributed by atoms with Crippen LogP contribution in [-0.4, -0.2) is 47.9 Å². The van der Waals surface area contributed by atoms with Gasteiger partial charge in [0.15, 0.2) is 0 Å². The lowest BCUT2D eigenvalue weighted by atomic mass is 9.99. The highest BCUT2D eigenvalue weighted by Gasteiger charge is 2.33. The van der Waals surface area contributed by atoms with Crippen molar-refractivity contribution in [2.75, 3.05) is 32.4 Å². The van der Waals surface area contributed by atoms with Crippen LogP contribution in [0.1, 0.15) is 24.2 Å². The second kappa shape index (κ2) is 4.61. The Morgan fingerprint density at radius 2 is 1.94 bits per heavy atom. The molecule has 1 aromatic rings. The third kappa shape index (κ3) is 2.34. The number of nitrogens with two attached hydrogens (primary N) is 1. The SMILES string of the molecule is CN1CCN(C(=O)c2ccccc2N)CC1(C)C. The van der Waals surface area contributed by atoms with E-state index in [1.807, 2.05) is 17.0 Å². The molecule has 1 saturated heterocycles. The highest BCUT2D eigenvalue weighted by molar-refractivity contribution is 5.99. The van der Waals surface area contributed by atoms with Crippen molar-refractivity contribution in [3.05, 3.63) is 29.8 Å². The van der Waals surface area contributed by atoms with E-state index in [0.29, 0.717) is 11.3 Å². The average Bonchev–Trinajstić information content (AvgIpc) is 2.32. The summed E-state index contributed by atoms with van der Waals surface area (Å²) >= 11 is 0. The van der Waals surface area contributed by atoms with Crippen LogP contribution in [0.2, 0.25) is 0 Å². The number of hydrogen-bond donors (Lipinski definition) is 1. The fourth-order valence-corrected chi connectivity index (χ4v) is 2.28. The van der Waals surface area contributed by atoms with Crippen LogP contribution in [0, 0.1) is 0 Å². The van der Waals surface area contributed by atoms with Gasteiger partial charge in [-0.05, 0) is 33.0 Å². The fourth-order valence-electron chi connectivity index (χ4n) is 2.28. The Balaban J connectivity index is 2.18. The first-order valence-electron chi connectivity index (χ1n) is 6.27. The fraction of sp³-hybridized carbons (Fsp3) is 0.500. The molecule has 1 aliphatic rings. The number of carbonyl (C=O) groups is 1. The zero-order chi connectivity index (χ0) is 13.3. The predicted octanol–water partition coefficient (Wildman–Crippen LogP) is 1.43. The van der Waals surface area contributed by atoms with E-state index in [4.69, 9.17) is 5.73 Å². The first kappa shape index (κ1) is 12.9. The van der Waals surface area contributed by atoms with Gasteiger partial charge >= 0.3 is 0 Å². The zero-order valence-corrected chi connectivity index (χ0v) is 11.3. The molecule has 0 unspecified atom stereocenters. The Kier molecular flexibility index (Phi) is 3.30. The summed E-state index contributed by atoms with van der Waals surface area (Å²) in [6.45, 7) is 6.69. The third-order valence-corrected chi connectivity index (χ3v) is 3.79. The molecule has 0 atom stereocenters. The number of rotatable bonds is 1. The Labute approximate surface area is 108 Å². The molecule has 4 nitrogen and oxygen atoms in total. The number of nitrogen functional groups attached to an aromatic ring is 1. The van der Waals surface area contributed by atoms with Crippen LogP contribution in [0.5, 0.6) is 0 Å². The van der Waals surface area contributed by atoms with Crippen LogP contribution in [0.3, 0.4) is 0 Å². The molecule has 18 heavy (non-hydrogen) atoms. The topological polar surface area (TPSA) is 49.6 Å². The Morgan fingerprint density at radius 3 is 2.56 bits per heavy atom. The van der Waals surface area contributed by atoms with Crippen molar-refractivity contribution in [3.63, 3.8) is 0 Å². The summed E-state index contributed by atoms with van der Waals surface area (Å²) in [4.78, 5) is 16.6. The van der Waals surface area contributed by atoms with Crippen LogP contribution in [0.4, 0.5) is 5.69 Å². The molecule has 0 spiro atoms. The average molecular weight is 247 g/mol. The second-order valence-electron chi connectivity index (χ2n) is 5.55. The van der Waals surface area contributed by atoms with Gasteiger partial charge in [-0.3, -0.25) is 9.69 Å². The largest absolute Gasteiger partial charge is 0.398 e. The maximum Gasteiger partial charge on any atom is 0.256 e. The standard InChI is InChI=1S/C14H21N3O/c1-14(2)10-17(9-8-16(14)3)13(18)11-6-4-5-7-12(11)15/h4-7H,8-10,15H2,1-3H3.